The standard InChI is InChI=1S/C34H30F2N4O2/c1-39-15-13-22(14-16-39)20-5-7-21(8-6-20)23-9-10-24-19-40(34(42)26(24)17-23)32(27-18-25(35)11-12-30(27)41)33-37-29-4-2-3-28(36)31(29)38-33/h2-12,17-18,22,32,41H,13-16,19H2,1H3,(H,37,38). The molecule has 1 fully saturated rings. The first-order valence-corrected chi connectivity index (χ1v) is 14.2. The molecule has 1 amide bonds. The predicted molar refractivity (Wildman–Crippen MR) is 157 cm³/mol. The Morgan fingerprint density at radius 3 is 2.48 bits per heavy atom. The number of phenols is 1. The fourth-order valence-electron chi connectivity index (χ4n) is 6.35. The quantitative estimate of drug-likeness (QED) is 0.247. The average Bonchev–Trinajstić information content (AvgIpc) is 3.57. The Labute approximate surface area is 242 Å². The lowest BCUT2D eigenvalue weighted by Crippen LogP contribution is -2.31. The van der Waals surface area contributed by atoms with Crippen LogP contribution in [0.5, 0.6) is 5.75 Å². The van der Waals surface area contributed by atoms with Crippen molar-refractivity contribution in [3.05, 3.63) is 119 Å². The Kier molecular flexibility index (Phi) is 6.50. The number of amides is 1. The summed E-state index contributed by atoms with van der Waals surface area (Å²) >= 11 is 0. The van der Waals surface area contributed by atoms with Crippen LogP contribution in [0.3, 0.4) is 0 Å². The summed E-state index contributed by atoms with van der Waals surface area (Å²) in [4.78, 5) is 25.4. The van der Waals surface area contributed by atoms with E-state index in [-0.39, 0.29) is 35.1 Å². The molecule has 6 nitrogen and oxygen atoms in total. The SMILES string of the molecule is CN1CCC(c2ccc(-c3ccc4c(c3)C(=O)N(C(c3nc5cccc(F)c5[nH]3)c3cc(F)ccc3O)C4)cc2)CC1. The largest absolute Gasteiger partial charge is 0.508 e. The molecule has 4 aromatic carbocycles. The number of likely N-dealkylation sites (tertiary alicyclic amines) is 1. The van der Waals surface area contributed by atoms with Crippen molar-refractivity contribution in [1.29, 1.82) is 0 Å². The van der Waals surface area contributed by atoms with E-state index in [1.54, 1.807) is 17.0 Å². The molecule has 42 heavy (non-hydrogen) atoms. The first-order chi connectivity index (χ1) is 20.4. The number of nitrogens with zero attached hydrogens (tertiary/aromatic N) is 3. The van der Waals surface area contributed by atoms with Gasteiger partial charge in [0.25, 0.3) is 5.91 Å². The van der Waals surface area contributed by atoms with Crippen LogP contribution in [-0.4, -0.2) is 50.9 Å². The van der Waals surface area contributed by atoms with Crippen LogP contribution in [0.15, 0.2) is 78.9 Å². The molecule has 3 heterocycles. The molecule has 2 aliphatic heterocycles. The monoisotopic (exact) mass is 564 g/mol. The van der Waals surface area contributed by atoms with E-state index in [9.17, 15) is 18.7 Å². The molecule has 5 aromatic rings. The number of rotatable bonds is 5. The van der Waals surface area contributed by atoms with Crippen LogP contribution < -0.4 is 0 Å². The zero-order valence-corrected chi connectivity index (χ0v) is 23.1. The highest BCUT2D eigenvalue weighted by Gasteiger charge is 2.38. The van der Waals surface area contributed by atoms with Crippen LogP contribution in [0.4, 0.5) is 8.78 Å². The molecule has 212 valence electrons. The van der Waals surface area contributed by atoms with Gasteiger partial charge in [-0.2, -0.15) is 0 Å². The van der Waals surface area contributed by atoms with Crippen LogP contribution in [0.25, 0.3) is 22.2 Å². The molecule has 0 bridgehead atoms. The fourth-order valence-corrected chi connectivity index (χ4v) is 6.35. The molecule has 0 radical (unpaired) electrons. The molecule has 0 saturated carbocycles. The number of benzene rings is 4. The summed E-state index contributed by atoms with van der Waals surface area (Å²) in [7, 11) is 2.16. The summed E-state index contributed by atoms with van der Waals surface area (Å²) in [6, 6.07) is 21.6. The number of piperidine rings is 1. The van der Waals surface area contributed by atoms with Gasteiger partial charge in [-0.25, -0.2) is 13.8 Å². The Morgan fingerprint density at radius 1 is 0.952 bits per heavy atom. The Morgan fingerprint density at radius 2 is 1.71 bits per heavy atom. The van der Waals surface area contributed by atoms with Gasteiger partial charge in [-0.15, -0.1) is 0 Å². The number of aromatic nitrogens is 2. The number of aromatic hydroxyl groups is 1. The summed E-state index contributed by atoms with van der Waals surface area (Å²) < 4.78 is 29.0. The second-order valence-electron chi connectivity index (χ2n) is 11.4. The number of halogens is 2. The van der Waals surface area contributed by atoms with Gasteiger partial charge in [0.15, 0.2) is 0 Å². The molecule has 2 N–H and O–H groups in total. The third-order valence-corrected chi connectivity index (χ3v) is 8.72. The molecule has 1 saturated heterocycles. The number of hydrogen-bond donors (Lipinski definition) is 2. The second-order valence-corrected chi connectivity index (χ2v) is 11.4. The first-order valence-electron chi connectivity index (χ1n) is 14.2. The van der Waals surface area contributed by atoms with Crippen LogP contribution in [0.2, 0.25) is 0 Å². The molecular formula is C34H30F2N4O2. The number of H-pyrrole nitrogens is 1. The molecule has 0 aliphatic carbocycles. The van der Waals surface area contributed by atoms with Crippen molar-refractivity contribution in [3.8, 4) is 16.9 Å². The van der Waals surface area contributed by atoms with Crippen LogP contribution in [0.1, 0.15) is 57.7 Å². The number of hydrogen-bond acceptors (Lipinski definition) is 4. The number of fused-ring (bicyclic) bond motifs is 2. The minimum absolute atomic E-state index is 0.167. The lowest BCUT2D eigenvalue weighted by Gasteiger charge is -2.29. The number of aromatic amines is 1. The molecule has 1 atom stereocenters. The highest BCUT2D eigenvalue weighted by molar-refractivity contribution is 6.00. The Balaban J connectivity index is 1.23. The van der Waals surface area contributed by atoms with Gasteiger partial charge in [0, 0.05) is 17.7 Å². The first kappa shape index (κ1) is 26.3. The van der Waals surface area contributed by atoms with E-state index < -0.39 is 17.7 Å². The molecule has 1 aromatic heterocycles. The number of carbonyl (C=O) groups excluding carboxylic acids is 1. The van der Waals surface area contributed by atoms with E-state index >= 15 is 0 Å². The summed E-state index contributed by atoms with van der Waals surface area (Å²) in [6.07, 6.45) is 2.30. The van der Waals surface area contributed by atoms with E-state index in [2.05, 4.69) is 46.2 Å². The number of imidazole rings is 1. The normalized spacial score (nSPS) is 16.7. The molecule has 2 aliphatic rings. The van der Waals surface area contributed by atoms with Gasteiger partial charge in [0.05, 0.1) is 5.52 Å². The summed E-state index contributed by atoms with van der Waals surface area (Å²) in [5, 5.41) is 10.8. The Hall–Kier alpha value is -4.56. The van der Waals surface area contributed by atoms with Gasteiger partial charge < -0.3 is 19.9 Å². The lowest BCUT2D eigenvalue weighted by atomic mass is 9.88. The maximum atomic E-state index is 14.6. The number of nitrogens with one attached hydrogen (secondary N) is 1. The van der Waals surface area contributed by atoms with Gasteiger partial charge in [0.1, 0.15) is 34.8 Å². The number of carbonyl (C=O) groups is 1. The van der Waals surface area contributed by atoms with Crippen molar-refractivity contribution >= 4 is 16.9 Å². The van der Waals surface area contributed by atoms with Gasteiger partial charge in [-0.3, -0.25) is 4.79 Å². The van der Waals surface area contributed by atoms with Gasteiger partial charge in [-0.1, -0.05) is 42.5 Å². The van der Waals surface area contributed by atoms with Crippen molar-refractivity contribution in [3.63, 3.8) is 0 Å². The maximum absolute atomic E-state index is 14.6. The van der Waals surface area contributed by atoms with Gasteiger partial charge >= 0.3 is 0 Å². The van der Waals surface area contributed by atoms with Crippen molar-refractivity contribution in [2.24, 2.45) is 0 Å². The molecule has 1 unspecified atom stereocenters. The molecule has 7 rings (SSSR count). The maximum Gasteiger partial charge on any atom is 0.255 e. The minimum Gasteiger partial charge on any atom is -0.508 e. The van der Waals surface area contributed by atoms with Crippen LogP contribution in [-0.2, 0) is 6.54 Å². The van der Waals surface area contributed by atoms with Gasteiger partial charge in [-0.05, 0) is 97.5 Å². The van der Waals surface area contributed by atoms with Crippen LogP contribution >= 0.6 is 0 Å². The third-order valence-electron chi connectivity index (χ3n) is 8.72. The zero-order valence-electron chi connectivity index (χ0n) is 23.1. The molecule has 0 spiro atoms. The van der Waals surface area contributed by atoms with E-state index in [1.807, 2.05) is 18.2 Å². The highest BCUT2D eigenvalue weighted by atomic mass is 19.1. The van der Waals surface area contributed by atoms with Crippen molar-refractivity contribution in [1.82, 2.24) is 19.8 Å². The fraction of sp³-hybridized carbons (Fsp3) is 0.235. The number of para-hydroxylation sites is 1. The predicted octanol–water partition coefficient (Wildman–Crippen LogP) is 6.77. The van der Waals surface area contributed by atoms with E-state index in [0.717, 1.165) is 48.7 Å². The van der Waals surface area contributed by atoms with E-state index in [0.29, 0.717) is 17.0 Å². The van der Waals surface area contributed by atoms with Crippen molar-refractivity contribution < 1.29 is 18.7 Å². The minimum atomic E-state index is -0.968. The van der Waals surface area contributed by atoms with E-state index in [1.165, 1.54) is 23.8 Å². The highest BCUT2D eigenvalue weighted by Crippen LogP contribution is 2.40. The zero-order chi connectivity index (χ0) is 29.0. The third kappa shape index (κ3) is 4.61. The summed E-state index contributed by atoms with van der Waals surface area (Å²) in [5.74, 6) is -0.711. The Bertz CT molecular complexity index is 1810. The molecular weight excluding hydrogens is 534 g/mol. The lowest BCUT2D eigenvalue weighted by molar-refractivity contribution is 0.0723. The van der Waals surface area contributed by atoms with E-state index in [4.69, 9.17) is 0 Å². The van der Waals surface area contributed by atoms with Crippen molar-refractivity contribution in [2.45, 2.75) is 31.3 Å². The van der Waals surface area contributed by atoms with Crippen molar-refractivity contribution in [2.75, 3.05) is 20.1 Å². The van der Waals surface area contributed by atoms with Gasteiger partial charge in [0.2, 0.25) is 0 Å². The topological polar surface area (TPSA) is 72.5 Å². The summed E-state index contributed by atoms with van der Waals surface area (Å²) in [5.41, 5.74) is 5.37. The number of phenolic OH excluding ortho intramolecular Hbond substituents is 1. The molecule has 8 heteroatoms. The average molecular weight is 565 g/mol. The summed E-state index contributed by atoms with van der Waals surface area (Å²) in [6.45, 7) is 2.43. The smallest absolute Gasteiger partial charge is 0.255 e. The van der Waals surface area contributed by atoms with Crippen LogP contribution in [0, 0.1) is 11.6 Å². The second kappa shape index (κ2) is 10.4.